The standard InChI is InChI=1S/C11H10F3N3O/c1-18-10-7-8(3-2-6-16-17-15)4-5-9(10)11(12,13)14/h2-5,7H,6H2,1H3. The highest BCUT2D eigenvalue weighted by molar-refractivity contribution is 5.54. The highest BCUT2D eigenvalue weighted by atomic mass is 19.4. The number of ether oxygens (including phenoxy) is 1. The molecule has 1 rings (SSSR count). The Bertz CT molecular complexity index is 491. The van der Waals surface area contributed by atoms with Gasteiger partial charge in [-0.05, 0) is 23.2 Å². The maximum absolute atomic E-state index is 12.6. The van der Waals surface area contributed by atoms with Crippen molar-refractivity contribution in [3.63, 3.8) is 0 Å². The number of alkyl halides is 3. The first-order valence-corrected chi connectivity index (χ1v) is 4.91. The summed E-state index contributed by atoms with van der Waals surface area (Å²) in [6.45, 7) is 0.139. The van der Waals surface area contributed by atoms with Gasteiger partial charge in [0.1, 0.15) is 5.75 Å². The molecule has 0 aliphatic carbocycles. The summed E-state index contributed by atoms with van der Waals surface area (Å²) >= 11 is 0. The van der Waals surface area contributed by atoms with E-state index >= 15 is 0 Å². The summed E-state index contributed by atoms with van der Waals surface area (Å²) in [4.78, 5) is 2.55. The quantitative estimate of drug-likeness (QED) is 0.456. The molecular formula is C11H10F3N3O. The Morgan fingerprint density at radius 3 is 2.72 bits per heavy atom. The predicted octanol–water partition coefficient (Wildman–Crippen LogP) is 4.04. The van der Waals surface area contributed by atoms with Crippen molar-refractivity contribution in [2.45, 2.75) is 6.18 Å². The Kier molecular flexibility index (Phi) is 4.62. The molecule has 0 saturated heterocycles. The number of hydrogen-bond acceptors (Lipinski definition) is 2. The van der Waals surface area contributed by atoms with Gasteiger partial charge in [-0.2, -0.15) is 13.2 Å². The molecule has 0 amide bonds. The number of rotatable bonds is 4. The van der Waals surface area contributed by atoms with E-state index in [0.717, 1.165) is 6.07 Å². The van der Waals surface area contributed by atoms with E-state index in [1.807, 2.05) is 0 Å². The molecule has 7 heteroatoms. The van der Waals surface area contributed by atoms with Crippen LogP contribution in [0.5, 0.6) is 5.75 Å². The van der Waals surface area contributed by atoms with Gasteiger partial charge in [-0.25, -0.2) is 0 Å². The molecule has 0 saturated carbocycles. The number of methoxy groups -OCH3 is 1. The van der Waals surface area contributed by atoms with Gasteiger partial charge < -0.3 is 4.74 Å². The second-order valence-corrected chi connectivity index (χ2v) is 3.27. The molecule has 0 aromatic heterocycles. The lowest BCUT2D eigenvalue weighted by Crippen LogP contribution is -2.07. The van der Waals surface area contributed by atoms with E-state index in [-0.39, 0.29) is 12.3 Å². The molecule has 0 aliphatic rings. The van der Waals surface area contributed by atoms with Gasteiger partial charge in [-0.15, -0.1) is 0 Å². The van der Waals surface area contributed by atoms with Crippen LogP contribution in [0.15, 0.2) is 29.4 Å². The van der Waals surface area contributed by atoms with Crippen LogP contribution < -0.4 is 4.74 Å². The first kappa shape index (κ1) is 13.9. The van der Waals surface area contributed by atoms with Crippen molar-refractivity contribution in [3.05, 3.63) is 45.8 Å². The lowest BCUT2D eigenvalue weighted by atomic mass is 10.1. The van der Waals surface area contributed by atoms with Crippen LogP contribution in [0.3, 0.4) is 0 Å². The van der Waals surface area contributed by atoms with Crippen LogP contribution in [0.4, 0.5) is 13.2 Å². The summed E-state index contributed by atoms with van der Waals surface area (Å²) in [5, 5.41) is 3.27. The molecule has 0 aliphatic heterocycles. The maximum atomic E-state index is 12.6. The van der Waals surface area contributed by atoms with Gasteiger partial charge in [0, 0.05) is 11.5 Å². The molecule has 0 unspecified atom stereocenters. The van der Waals surface area contributed by atoms with Gasteiger partial charge in [0.05, 0.1) is 12.7 Å². The molecule has 0 atom stereocenters. The second kappa shape index (κ2) is 5.97. The van der Waals surface area contributed by atoms with Crippen molar-refractivity contribution in [1.29, 1.82) is 0 Å². The average molecular weight is 257 g/mol. The highest BCUT2D eigenvalue weighted by Gasteiger charge is 2.34. The molecule has 96 valence electrons. The molecule has 0 spiro atoms. The smallest absolute Gasteiger partial charge is 0.419 e. The Balaban J connectivity index is 2.99. The topological polar surface area (TPSA) is 58.0 Å². The van der Waals surface area contributed by atoms with Crippen LogP contribution in [0.1, 0.15) is 11.1 Å². The van der Waals surface area contributed by atoms with Crippen LogP contribution in [0.2, 0.25) is 0 Å². The molecule has 0 fully saturated rings. The van der Waals surface area contributed by atoms with Crippen molar-refractivity contribution in [1.82, 2.24) is 0 Å². The van der Waals surface area contributed by atoms with Crippen molar-refractivity contribution in [2.75, 3.05) is 13.7 Å². The summed E-state index contributed by atoms with van der Waals surface area (Å²) in [5.74, 6) is -0.242. The molecule has 4 nitrogen and oxygen atoms in total. The van der Waals surface area contributed by atoms with E-state index < -0.39 is 11.7 Å². The first-order valence-electron chi connectivity index (χ1n) is 4.91. The zero-order valence-electron chi connectivity index (χ0n) is 9.48. The number of azide groups is 1. The number of nitrogens with zero attached hydrogens (tertiary/aromatic N) is 3. The lowest BCUT2D eigenvalue weighted by molar-refractivity contribution is -0.138. The lowest BCUT2D eigenvalue weighted by Gasteiger charge is -2.12. The molecule has 0 radical (unpaired) electrons. The van der Waals surface area contributed by atoms with Gasteiger partial charge >= 0.3 is 6.18 Å². The van der Waals surface area contributed by atoms with Crippen LogP contribution >= 0.6 is 0 Å². The first-order chi connectivity index (χ1) is 8.49. The van der Waals surface area contributed by atoms with Crippen LogP contribution in [0, 0.1) is 0 Å². The van der Waals surface area contributed by atoms with E-state index in [0.29, 0.717) is 5.56 Å². The fourth-order valence-corrected chi connectivity index (χ4v) is 1.32. The fourth-order valence-electron chi connectivity index (χ4n) is 1.32. The van der Waals surface area contributed by atoms with Gasteiger partial charge in [0.2, 0.25) is 0 Å². The van der Waals surface area contributed by atoms with E-state index in [1.54, 1.807) is 12.2 Å². The monoisotopic (exact) mass is 257 g/mol. The summed E-state index contributed by atoms with van der Waals surface area (Å²) < 4.78 is 42.4. The Morgan fingerprint density at radius 1 is 1.44 bits per heavy atom. The van der Waals surface area contributed by atoms with E-state index in [1.165, 1.54) is 19.2 Å². The number of halogens is 3. The van der Waals surface area contributed by atoms with E-state index in [4.69, 9.17) is 10.3 Å². The summed E-state index contributed by atoms with van der Waals surface area (Å²) in [6, 6.07) is 3.54. The van der Waals surface area contributed by atoms with Crippen LogP contribution in [0.25, 0.3) is 16.5 Å². The molecule has 0 bridgehead atoms. The van der Waals surface area contributed by atoms with Gasteiger partial charge in [-0.3, -0.25) is 0 Å². The van der Waals surface area contributed by atoms with E-state index in [9.17, 15) is 13.2 Å². The summed E-state index contributed by atoms with van der Waals surface area (Å²) in [5.41, 5.74) is 7.76. The minimum atomic E-state index is -4.45. The SMILES string of the molecule is COc1cc(C=CCN=[N+]=[N-])ccc1C(F)(F)F. The third-order valence-electron chi connectivity index (χ3n) is 2.09. The fraction of sp³-hybridized carbons (Fsp3) is 0.273. The van der Waals surface area contributed by atoms with Crippen molar-refractivity contribution in [3.8, 4) is 5.75 Å². The third kappa shape index (κ3) is 3.71. The zero-order chi connectivity index (χ0) is 13.6. The Labute approximate surface area is 101 Å². The number of benzene rings is 1. The number of hydrogen-bond donors (Lipinski definition) is 0. The summed E-state index contributed by atoms with van der Waals surface area (Å²) in [6.07, 6.45) is -1.35. The van der Waals surface area contributed by atoms with Crippen LogP contribution in [-0.2, 0) is 6.18 Å². The Morgan fingerprint density at radius 2 is 2.17 bits per heavy atom. The Hall–Kier alpha value is -2.14. The minimum Gasteiger partial charge on any atom is -0.496 e. The largest absolute Gasteiger partial charge is 0.496 e. The minimum absolute atomic E-state index is 0.139. The zero-order valence-corrected chi connectivity index (χ0v) is 9.48. The molecule has 18 heavy (non-hydrogen) atoms. The molecule has 1 aromatic rings. The second-order valence-electron chi connectivity index (χ2n) is 3.27. The molecule has 0 heterocycles. The maximum Gasteiger partial charge on any atom is 0.419 e. The average Bonchev–Trinajstić information content (AvgIpc) is 2.33. The van der Waals surface area contributed by atoms with Crippen LogP contribution in [-0.4, -0.2) is 13.7 Å². The van der Waals surface area contributed by atoms with E-state index in [2.05, 4.69) is 10.0 Å². The normalized spacial score (nSPS) is 11.3. The van der Waals surface area contributed by atoms with Crippen molar-refractivity contribution >= 4 is 6.08 Å². The molecular weight excluding hydrogens is 247 g/mol. The third-order valence-corrected chi connectivity index (χ3v) is 2.09. The van der Waals surface area contributed by atoms with Gasteiger partial charge in [-0.1, -0.05) is 23.3 Å². The summed E-state index contributed by atoms with van der Waals surface area (Å²) in [7, 11) is 1.18. The van der Waals surface area contributed by atoms with Gasteiger partial charge in [0.15, 0.2) is 0 Å². The van der Waals surface area contributed by atoms with Gasteiger partial charge in [0.25, 0.3) is 0 Å². The van der Waals surface area contributed by atoms with Crippen molar-refractivity contribution in [2.24, 2.45) is 5.11 Å². The highest BCUT2D eigenvalue weighted by Crippen LogP contribution is 2.36. The predicted molar refractivity (Wildman–Crippen MR) is 61.0 cm³/mol. The molecule has 0 N–H and O–H groups in total. The van der Waals surface area contributed by atoms with Crippen molar-refractivity contribution < 1.29 is 17.9 Å². The molecule has 1 aromatic carbocycles.